The van der Waals surface area contributed by atoms with E-state index in [1.54, 1.807) is 0 Å². The van der Waals surface area contributed by atoms with Crippen molar-refractivity contribution in [1.82, 2.24) is 5.32 Å². The van der Waals surface area contributed by atoms with Gasteiger partial charge in [0.05, 0.1) is 6.10 Å². The van der Waals surface area contributed by atoms with Gasteiger partial charge in [-0.25, -0.2) is 0 Å². The number of aliphatic hydroxyl groups excluding tert-OH is 1. The van der Waals surface area contributed by atoms with Crippen LogP contribution in [0.4, 0.5) is 0 Å². The molecule has 0 aromatic heterocycles. The van der Waals surface area contributed by atoms with Gasteiger partial charge >= 0.3 is 0 Å². The van der Waals surface area contributed by atoms with Crippen molar-refractivity contribution in [2.75, 3.05) is 6.54 Å². The van der Waals surface area contributed by atoms with Gasteiger partial charge < -0.3 is 10.4 Å². The van der Waals surface area contributed by atoms with Gasteiger partial charge in [-0.15, -0.1) is 0 Å². The highest BCUT2D eigenvalue weighted by Crippen LogP contribution is 2.28. The molecule has 0 aliphatic heterocycles. The average Bonchev–Trinajstić information content (AvgIpc) is 2.15. The van der Waals surface area contributed by atoms with Crippen LogP contribution in [0, 0.1) is 17.8 Å². The Morgan fingerprint density at radius 2 is 1.75 bits per heavy atom. The predicted molar refractivity (Wildman–Crippen MR) is 69.4 cm³/mol. The molecular formula is C14H29NO. The Morgan fingerprint density at radius 1 is 1.19 bits per heavy atom. The Morgan fingerprint density at radius 3 is 2.25 bits per heavy atom. The molecule has 2 N–H and O–H groups in total. The van der Waals surface area contributed by atoms with Crippen molar-refractivity contribution in [2.24, 2.45) is 17.8 Å². The van der Waals surface area contributed by atoms with Crippen LogP contribution in [-0.4, -0.2) is 23.8 Å². The van der Waals surface area contributed by atoms with E-state index < -0.39 is 0 Å². The molecule has 1 aliphatic rings. The Labute approximate surface area is 101 Å². The van der Waals surface area contributed by atoms with Crippen LogP contribution in [0.3, 0.4) is 0 Å². The Bertz CT molecular complexity index is 183. The van der Waals surface area contributed by atoms with Gasteiger partial charge in [0.1, 0.15) is 0 Å². The molecule has 96 valence electrons. The molecule has 0 bridgehead atoms. The largest absolute Gasteiger partial charge is 0.392 e. The van der Waals surface area contributed by atoms with E-state index in [2.05, 4.69) is 33.0 Å². The Balaban J connectivity index is 2.29. The highest BCUT2D eigenvalue weighted by Gasteiger charge is 2.27. The number of nitrogens with one attached hydrogen (secondary N) is 1. The van der Waals surface area contributed by atoms with E-state index in [1.165, 1.54) is 19.3 Å². The fourth-order valence-corrected chi connectivity index (χ4v) is 2.98. The van der Waals surface area contributed by atoms with Gasteiger partial charge in [0, 0.05) is 12.6 Å². The summed E-state index contributed by atoms with van der Waals surface area (Å²) in [5.74, 6) is 2.10. The van der Waals surface area contributed by atoms with Crippen LogP contribution in [-0.2, 0) is 0 Å². The first-order chi connectivity index (χ1) is 7.50. The predicted octanol–water partition coefficient (Wildman–Crippen LogP) is 2.81. The summed E-state index contributed by atoms with van der Waals surface area (Å²) in [7, 11) is 0. The molecule has 0 saturated heterocycles. The van der Waals surface area contributed by atoms with E-state index in [-0.39, 0.29) is 6.10 Å². The molecular weight excluding hydrogens is 198 g/mol. The normalized spacial score (nSPS) is 33.0. The standard InChI is InChI=1S/C14H29NO/c1-10(2)8-13(16)9-15-14-11(3)6-5-7-12(14)4/h10-16H,5-9H2,1-4H3. The summed E-state index contributed by atoms with van der Waals surface area (Å²) in [6.07, 6.45) is 4.77. The quantitative estimate of drug-likeness (QED) is 0.757. The van der Waals surface area contributed by atoms with Gasteiger partial charge in [0.15, 0.2) is 0 Å². The molecule has 2 nitrogen and oxygen atoms in total. The van der Waals surface area contributed by atoms with Crippen LogP contribution < -0.4 is 5.32 Å². The van der Waals surface area contributed by atoms with Crippen molar-refractivity contribution in [1.29, 1.82) is 0 Å². The Hall–Kier alpha value is -0.0800. The minimum absolute atomic E-state index is 0.179. The van der Waals surface area contributed by atoms with Gasteiger partial charge in [0.2, 0.25) is 0 Å². The minimum atomic E-state index is -0.179. The lowest BCUT2D eigenvalue weighted by molar-refractivity contribution is 0.123. The van der Waals surface area contributed by atoms with Crippen molar-refractivity contribution in [3.63, 3.8) is 0 Å². The molecule has 3 unspecified atom stereocenters. The van der Waals surface area contributed by atoms with Crippen LogP contribution >= 0.6 is 0 Å². The SMILES string of the molecule is CC(C)CC(O)CNC1C(C)CCCC1C. The van der Waals surface area contributed by atoms with E-state index >= 15 is 0 Å². The summed E-state index contributed by atoms with van der Waals surface area (Å²) in [6.45, 7) is 9.76. The average molecular weight is 227 g/mol. The summed E-state index contributed by atoms with van der Waals surface area (Å²) < 4.78 is 0. The smallest absolute Gasteiger partial charge is 0.0667 e. The molecule has 0 radical (unpaired) electrons. The van der Waals surface area contributed by atoms with E-state index in [9.17, 15) is 5.11 Å². The van der Waals surface area contributed by atoms with E-state index in [0.717, 1.165) is 24.8 Å². The topological polar surface area (TPSA) is 32.3 Å². The van der Waals surface area contributed by atoms with Gasteiger partial charge in [0.25, 0.3) is 0 Å². The molecule has 0 aromatic carbocycles. The molecule has 0 heterocycles. The summed E-state index contributed by atoms with van der Waals surface area (Å²) in [4.78, 5) is 0. The van der Waals surface area contributed by atoms with Crippen LogP contribution in [0.5, 0.6) is 0 Å². The zero-order valence-corrected chi connectivity index (χ0v) is 11.4. The first-order valence-corrected chi connectivity index (χ1v) is 6.92. The van der Waals surface area contributed by atoms with Crippen molar-refractivity contribution in [3.8, 4) is 0 Å². The van der Waals surface area contributed by atoms with Gasteiger partial charge in [-0.2, -0.15) is 0 Å². The van der Waals surface area contributed by atoms with Crippen molar-refractivity contribution in [2.45, 2.75) is 65.5 Å². The van der Waals surface area contributed by atoms with Gasteiger partial charge in [-0.3, -0.25) is 0 Å². The van der Waals surface area contributed by atoms with E-state index in [1.807, 2.05) is 0 Å². The summed E-state index contributed by atoms with van der Waals surface area (Å²) in [6, 6.07) is 0.607. The highest BCUT2D eigenvalue weighted by atomic mass is 16.3. The third kappa shape index (κ3) is 4.42. The van der Waals surface area contributed by atoms with E-state index in [0.29, 0.717) is 12.0 Å². The third-order valence-electron chi connectivity index (χ3n) is 3.88. The van der Waals surface area contributed by atoms with Crippen molar-refractivity contribution in [3.05, 3.63) is 0 Å². The number of hydrogen-bond donors (Lipinski definition) is 2. The third-order valence-corrected chi connectivity index (χ3v) is 3.88. The minimum Gasteiger partial charge on any atom is -0.392 e. The number of hydrogen-bond acceptors (Lipinski definition) is 2. The zero-order chi connectivity index (χ0) is 12.1. The molecule has 0 amide bonds. The molecule has 3 atom stereocenters. The molecule has 1 fully saturated rings. The lowest BCUT2D eigenvalue weighted by atomic mass is 9.78. The monoisotopic (exact) mass is 227 g/mol. The van der Waals surface area contributed by atoms with Crippen LogP contribution in [0.25, 0.3) is 0 Å². The summed E-state index contributed by atoms with van der Waals surface area (Å²) in [5.41, 5.74) is 0. The first kappa shape index (κ1) is 14.0. The second-order valence-corrected chi connectivity index (χ2v) is 6.10. The number of aliphatic hydroxyl groups is 1. The molecule has 1 aliphatic carbocycles. The van der Waals surface area contributed by atoms with Crippen LogP contribution in [0.15, 0.2) is 0 Å². The maximum Gasteiger partial charge on any atom is 0.0667 e. The molecule has 16 heavy (non-hydrogen) atoms. The molecule has 2 heteroatoms. The zero-order valence-electron chi connectivity index (χ0n) is 11.4. The lowest BCUT2D eigenvalue weighted by Crippen LogP contribution is -2.45. The van der Waals surface area contributed by atoms with Crippen molar-refractivity contribution >= 4 is 0 Å². The maximum atomic E-state index is 9.86. The molecule has 1 saturated carbocycles. The molecule has 0 spiro atoms. The molecule has 0 aromatic rings. The summed E-state index contributed by atoms with van der Waals surface area (Å²) in [5, 5.41) is 13.4. The maximum absolute atomic E-state index is 9.86. The van der Waals surface area contributed by atoms with E-state index in [4.69, 9.17) is 0 Å². The highest BCUT2D eigenvalue weighted by molar-refractivity contribution is 4.84. The first-order valence-electron chi connectivity index (χ1n) is 6.92. The Kier molecular flexibility index (Phi) is 5.77. The van der Waals surface area contributed by atoms with Crippen molar-refractivity contribution < 1.29 is 5.11 Å². The second-order valence-electron chi connectivity index (χ2n) is 6.10. The number of rotatable bonds is 5. The summed E-state index contributed by atoms with van der Waals surface area (Å²) >= 11 is 0. The molecule has 1 rings (SSSR count). The second kappa shape index (κ2) is 6.61. The fraction of sp³-hybridized carbons (Fsp3) is 1.00. The lowest BCUT2D eigenvalue weighted by Gasteiger charge is -2.36. The van der Waals surface area contributed by atoms with Gasteiger partial charge in [-0.05, 0) is 37.0 Å². The fourth-order valence-electron chi connectivity index (χ4n) is 2.98. The van der Waals surface area contributed by atoms with Gasteiger partial charge in [-0.1, -0.05) is 34.1 Å². The van der Waals surface area contributed by atoms with Crippen LogP contribution in [0.1, 0.15) is 53.4 Å². The van der Waals surface area contributed by atoms with Crippen LogP contribution in [0.2, 0.25) is 0 Å².